The number of carbonyl (C=O) groups excluding carboxylic acids is 2. The van der Waals surface area contributed by atoms with Crippen LogP contribution in [0.4, 0.5) is 5.69 Å². The number of nitrogens with zero attached hydrogens (tertiary/aromatic N) is 2. The van der Waals surface area contributed by atoms with E-state index in [1.807, 2.05) is 0 Å². The molecule has 0 unspecified atom stereocenters. The minimum absolute atomic E-state index is 0.0670. The van der Waals surface area contributed by atoms with E-state index in [1.54, 1.807) is 62.4 Å². The van der Waals surface area contributed by atoms with Crippen molar-refractivity contribution in [3.05, 3.63) is 86.3 Å². The van der Waals surface area contributed by atoms with Gasteiger partial charge in [0.2, 0.25) is 0 Å². The van der Waals surface area contributed by atoms with Crippen LogP contribution >= 0.6 is 23.2 Å². The molecule has 1 amide bonds. The zero-order valence-corrected chi connectivity index (χ0v) is 17.6. The third-order valence-corrected chi connectivity index (χ3v) is 4.72. The number of hydrogen-bond donors (Lipinski definition) is 1. The monoisotopic (exact) mass is 445 g/mol. The van der Waals surface area contributed by atoms with Crippen LogP contribution in [0.5, 0.6) is 0 Å². The minimum atomic E-state index is -0.558. The van der Waals surface area contributed by atoms with Crippen molar-refractivity contribution in [2.75, 3.05) is 5.32 Å². The van der Waals surface area contributed by atoms with Crippen molar-refractivity contribution in [1.82, 2.24) is 9.78 Å². The topological polar surface area (TPSA) is 90.3 Å². The molecular formula is C21H17Cl2N3O4. The Bertz CT molecular complexity index is 1140. The molecule has 3 rings (SSSR count). The molecule has 0 atom stereocenters. The first-order valence-corrected chi connectivity index (χ1v) is 9.68. The van der Waals surface area contributed by atoms with Crippen LogP contribution in [0, 0.1) is 0 Å². The van der Waals surface area contributed by atoms with Gasteiger partial charge in [0.25, 0.3) is 11.5 Å². The number of aromatic nitrogens is 2. The molecule has 0 saturated heterocycles. The van der Waals surface area contributed by atoms with Gasteiger partial charge in [0.15, 0.2) is 0 Å². The highest BCUT2D eigenvalue weighted by Gasteiger charge is 2.12. The third-order valence-electron chi connectivity index (χ3n) is 3.97. The number of ether oxygens (including phenoxy) is 1. The van der Waals surface area contributed by atoms with Gasteiger partial charge in [-0.25, -0.2) is 4.79 Å². The molecule has 154 valence electrons. The molecule has 0 radical (unpaired) electrons. The molecule has 2 aromatic carbocycles. The molecular weight excluding hydrogens is 429 g/mol. The van der Waals surface area contributed by atoms with E-state index in [0.717, 1.165) is 4.68 Å². The maximum atomic E-state index is 12.5. The predicted molar refractivity (Wildman–Crippen MR) is 115 cm³/mol. The number of esters is 1. The Morgan fingerprint density at radius 3 is 2.20 bits per heavy atom. The molecule has 1 N–H and O–H groups in total. The van der Waals surface area contributed by atoms with E-state index in [1.165, 1.54) is 6.20 Å². The summed E-state index contributed by atoms with van der Waals surface area (Å²) < 4.78 is 6.21. The summed E-state index contributed by atoms with van der Waals surface area (Å²) in [5.74, 6) is -0.780. The molecule has 7 nitrogen and oxygen atoms in total. The summed E-state index contributed by atoms with van der Waals surface area (Å²) in [7, 11) is 0. The number of halogens is 2. The van der Waals surface area contributed by atoms with Crippen LogP contribution in [-0.2, 0) is 4.74 Å². The van der Waals surface area contributed by atoms with Gasteiger partial charge >= 0.3 is 5.97 Å². The Morgan fingerprint density at radius 2 is 1.60 bits per heavy atom. The summed E-state index contributed by atoms with van der Waals surface area (Å²) in [5.41, 5.74) is 1.16. The largest absolute Gasteiger partial charge is 0.459 e. The van der Waals surface area contributed by atoms with Crippen molar-refractivity contribution in [3.8, 4) is 5.69 Å². The quantitative estimate of drug-likeness (QED) is 0.589. The summed E-state index contributed by atoms with van der Waals surface area (Å²) in [6.45, 7) is 3.54. The maximum Gasteiger partial charge on any atom is 0.338 e. The third kappa shape index (κ3) is 4.87. The summed E-state index contributed by atoms with van der Waals surface area (Å²) in [6.07, 6.45) is 1.06. The lowest BCUT2D eigenvalue weighted by Crippen LogP contribution is -2.21. The van der Waals surface area contributed by atoms with E-state index >= 15 is 0 Å². The first kappa shape index (κ1) is 21.5. The molecule has 0 fully saturated rings. The SMILES string of the molecule is CC(C)OC(=O)c1ccc(NC(=O)c2ccc(-n3ncc(Cl)c(Cl)c3=O)cc2)cc1. The lowest BCUT2D eigenvalue weighted by atomic mass is 10.1. The average Bonchev–Trinajstić information content (AvgIpc) is 2.72. The Kier molecular flexibility index (Phi) is 6.54. The van der Waals surface area contributed by atoms with Crippen LogP contribution in [0.3, 0.4) is 0 Å². The average molecular weight is 446 g/mol. The Labute approximate surface area is 182 Å². The second-order valence-electron chi connectivity index (χ2n) is 6.56. The van der Waals surface area contributed by atoms with Gasteiger partial charge in [0.1, 0.15) is 5.02 Å². The Morgan fingerprint density at radius 1 is 1.00 bits per heavy atom. The van der Waals surface area contributed by atoms with Crippen molar-refractivity contribution >= 4 is 40.8 Å². The number of anilines is 1. The molecule has 9 heteroatoms. The highest BCUT2D eigenvalue weighted by atomic mass is 35.5. The zero-order chi connectivity index (χ0) is 21.8. The fourth-order valence-electron chi connectivity index (χ4n) is 2.53. The van der Waals surface area contributed by atoms with Gasteiger partial charge in [0, 0.05) is 11.3 Å². The van der Waals surface area contributed by atoms with Crippen molar-refractivity contribution in [1.29, 1.82) is 0 Å². The van der Waals surface area contributed by atoms with Crippen molar-refractivity contribution < 1.29 is 14.3 Å². The molecule has 0 aliphatic carbocycles. The molecule has 0 aliphatic rings. The summed E-state index contributed by atoms with van der Waals surface area (Å²) in [6, 6.07) is 12.6. The van der Waals surface area contributed by atoms with Crippen molar-refractivity contribution in [3.63, 3.8) is 0 Å². The van der Waals surface area contributed by atoms with Gasteiger partial charge in [-0.3, -0.25) is 9.59 Å². The Balaban J connectivity index is 1.72. The van der Waals surface area contributed by atoms with E-state index in [-0.39, 0.29) is 22.1 Å². The van der Waals surface area contributed by atoms with E-state index < -0.39 is 11.5 Å². The zero-order valence-electron chi connectivity index (χ0n) is 16.1. The lowest BCUT2D eigenvalue weighted by molar-refractivity contribution is 0.0378. The number of carbonyl (C=O) groups is 2. The van der Waals surface area contributed by atoms with Gasteiger partial charge in [-0.05, 0) is 62.4 Å². The van der Waals surface area contributed by atoms with Crippen molar-refractivity contribution in [2.24, 2.45) is 0 Å². The highest BCUT2D eigenvalue weighted by Crippen LogP contribution is 2.17. The van der Waals surface area contributed by atoms with Crippen LogP contribution in [0.25, 0.3) is 5.69 Å². The smallest absolute Gasteiger partial charge is 0.338 e. The first-order chi connectivity index (χ1) is 14.3. The summed E-state index contributed by atoms with van der Waals surface area (Å²) in [4.78, 5) is 36.5. The van der Waals surface area contributed by atoms with Gasteiger partial charge in [-0.1, -0.05) is 23.2 Å². The summed E-state index contributed by atoms with van der Waals surface area (Å²) >= 11 is 11.6. The Hall–Kier alpha value is -3.16. The van der Waals surface area contributed by atoms with Crippen LogP contribution in [0.1, 0.15) is 34.6 Å². The molecule has 0 saturated carbocycles. The number of nitrogens with one attached hydrogen (secondary N) is 1. The van der Waals surface area contributed by atoms with E-state index in [2.05, 4.69) is 10.4 Å². The van der Waals surface area contributed by atoms with Gasteiger partial charge in [0.05, 0.1) is 28.6 Å². The van der Waals surface area contributed by atoms with E-state index in [9.17, 15) is 14.4 Å². The van der Waals surface area contributed by atoms with E-state index in [4.69, 9.17) is 27.9 Å². The van der Waals surface area contributed by atoms with Gasteiger partial charge < -0.3 is 10.1 Å². The van der Waals surface area contributed by atoms with Crippen LogP contribution in [-0.4, -0.2) is 27.8 Å². The molecule has 3 aromatic rings. The lowest BCUT2D eigenvalue weighted by Gasteiger charge is -2.10. The number of amides is 1. The number of rotatable bonds is 5. The molecule has 1 heterocycles. The maximum absolute atomic E-state index is 12.5. The van der Waals surface area contributed by atoms with Crippen molar-refractivity contribution in [2.45, 2.75) is 20.0 Å². The fraction of sp³-hybridized carbons (Fsp3) is 0.143. The molecule has 0 aliphatic heterocycles. The number of benzene rings is 2. The summed E-state index contributed by atoms with van der Waals surface area (Å²) in [5, 5.41) is 6.62. The second-order valence-corrected chi connectivity index (χ2v) is 7.34. The van der Waals surface area contributed by atoms with E-state index in [0.29, 0.717) is 22.5 Å². The van der Waals surface area contributed by atoms with Crippen LogP contribution < -0.4 is 10.9 Å². The van der Waals surface area contributed by atoms with Gasteiger partial charge in [-0.15, -0.1) is 0 Å². The van der Waals surface area contributed by atoms with Crippen LogP contribution in [0.15, 0.2) is 59.5 Å². The fourth-order valence-corrected chi connectivity index (χ4v) is 2.78. The molecule has 0 bridgehead atoms. The normalized spacial score (nSPS) is 10.7. The molecule has 1 aromatic heterocycles. The van der Waals surface area contributed by atoms with Gasteiger partial charge in [-0.2, -0.15) is 9.78 Å². The highest BCUT2D eigenvalue weighted by molar-refractivity contribution is 6.41. The first-order valence-electron chi connectivity index (χ1n) is 8.92. The van der Waals surface area contributed by atoms with Crippen LogP contribution in [0.2, 0.25) is 10.0 Å². The molecule has 30 heavy (non-hydrogen) atoms. The predicted octanol–water partition coefficient (Wildman–Crippen LogP) is 4.36. The minimum Gasteiger partial charge on any atom is -0.459 e. The number of hydrogen-bond acceptors (Lipinski definition) is 5. The molecule has 0 spiro atoms. The second kappa shape index (κ2) is 9.11. The standard InChI is InChI=1S/C21H17Cl2N3O4/c1-12(2)30-21(29)14-3-7-15(8-4-14)25-19(27)13-5-9-16(10-6-13)26-20(28)18(23)17(22)11-24-26/h3-12H,1-2H3,(H,25,27).